The van der Waals surface area contributed by atoms with E-state index in [1.165, 1.54) is 11.4 Å². The van der Waals surface area contributed by atoms with Crippen LogP contribution < -0.4 is 10.5 Å². The summed E-state index contributed by atoms with van der Waals surface area (Å²) >= 11 is 0. The molecule has 1 aromatic rings. The number of benzene rings is 1. The van der Waals surface area contributed by atoms with Gasteiger partial charge >= 0.3 is 16.2 Å². The highest BCUT2D eigenvalue weighted by Gasteiger charge is 2.31. The molecule has 21 heavy (non-hydrogen) atoms. The van der Waals surface area contributed by atoms with E-state index in [1.54, 1.807) is 24.3 Å². The van der Waals surface area contributed by atoms with Crippen molar-refractivity contribution in [1.82, 2.24) is 4.31 Å². The summed E-state index contributed by atoms with van der Waals surface area (Å²) in [6.07, 6.45) is 0.926. The third kappa shape index (κ3) is 3.85. The standard InChI is InChI=1S/C13H19N3O4S/c1-20-13(17)10-5-7-16(8-6-10)21(18,19)15-12-4-2-3-11(14)9-12/h2-4,9-10,15H,5-8,14H2,1H3. The number of carbonyl (C=O) groups is 1. The van der Waals surface area contributed by atoms with Crippen LogP contribution in [0.15, 0.2) is 24.3 Å². The van der Waals surface area contributed by atoms with Crippen molar-refractivity contribution in [2.75, 3.05) is 30.7 Å². The molecule has 0 unspecified atom stereocenters. The number of rotatable bonds is 4. The van der Waals surface area contributed by atoms with Gasteiger partial charge in [-0.2, -0.15) is 12.7 Å². The number of anilines is 2. The Morgan fingerprint density at radius 1 is 1.38 bits per heavy atom. The normalized spacial score (nSPS) is 17.4. The van der Waals surface area contributed by atoms with Crippen LogP contribution in [-0.4, -0.2) is 38.9 Å². The first-order chi connectivity index (χ1) is 9.92. The number of nitrogen functional groups attached to an aromatic ring is 1. The van der Waals surface area contributed by atoms with Crippen LogP contribution in [0.3, 0.4) is 0 Å². The van der Waals surface area contributed by atoms with E-state index < -0.39 is 10.2 Å². The second-order valence-electron chi connectivity index (χ2n) is 4.93. The Morgan fingerprint density at radius 2 is 2.05 bits per heavy atom. The summed E-state index contributed by atoms with van der Waals surface area (Å²) in [7, 11) is -2.29. The molecular weight excluding hydrogens is 294 g/mol. The predicted octanol–water partition coefficient (Wildman–Crippen LogP) is 0.810. The zero-order chi connectivity index (χ0) is 15.5. The third-order valence-corrected chi connectivity index (χ3v) is 5.00. The van der Waals surface area contributed by atoms with Crippen LogP contribution in [0.5, 0.6) is 0 Å². The fraction of sp³-hybridized carbons (Fsp3) is 0.462. The molecule has 1 aliphatic rings. The number of nitrogens with one attached hydrogen (secondary N) is 1. The highest BCUT2D eigenvalue weighted by atomic mass is 32.2. The number of nitrogens with two attached hydrogens (primary N) is 1. The summed E-state index contributed by atoms with van der Waals surface area (Å²) in [6.45, 7) is 0.578. The lowest BCUT2D eigenvalue weighted by molar-refractivity contribution is -0.146. The largest absolute Gasteiger partial charge is 0.469 e. The zero-order valence-electron chi connectivity index (χ0n) is 11.8. The van der Waals surface area contributed by atoms with Crippen LogP contribution in [-0.2, 0) is 19.7 Å². The Kier molecular flexibility index (Phi) is 4.69. The number of esters is 1. The number of hydrogen-bond donors (Lipinski definition) is 2. The molecule has 0 radical (unpaired) electrons. The molecule has 3 N–H and O–H groups in total. The predicted molar refractivity (Wildman–Crippen MR) is 79.7 cm³/mol. The van der Waals surface area contributed by atoms with Gasteiger partial charge in [0.25, 0.3) is 0 Å². The van der Waals surface area contributed by atoms with Crippen molar-refractivity contribution in [2.45, 2.75) is 12.8 Å². The molecule has 1 aromatic carbocycles. The molecule has 0 aromatic heterocycles. The number of methoxy groups -OCH3 is 1. The van der Waals surface area contributed by atoms with E-state index in [2.05, 4.69) is 9.46 Å². The lowest BCUT2D eigenvalue weighted by Gasteiger charge is -2.30. The minimum atomic E-state index is -3.63. The summed E-state index contributed by atoms with van der Waals surface area (Å²) < 4.78 is 33.0. The molecule has 1 heterocycles. The first-order valence-electron chi connectivity index (χ1n) is 6.63. The van der Waals surface area contributed by atoms with Gasteiger partial charge in [-0.15, -0.1) is 0 Å². The van der Waals surface area contributed by atoms with Gasteiger partial charge in [0.05, 0.1) is 18.7 Å². The van der Waals surface area contributed by atoms with Gasteiger partial charge in [0.1, 0.15) is 0 Å². The number of hydrogen-bond acceptors (Lipinski definition) is 5. The van der Waals surface area contributed by atoms with Crippen LogP contribution in [0.4, 0.5) is 11.4 Å². The highest BCUT2D eigenvalue weighted by Crippen LogP contribution is 2.22. The van der Waals surface area contributed by atoms with Gasteiger partial charge in [-0.05, 0) is 31.0 Å². The van der Waals surface area contributed by atoms with E-state index in [-0.39, 0.29) is 25.0 Å². The maximum atomic E-state index is 12.3. The summed E-state index contributed by atoms with van der Waals surface area (Å²) in [6, 6.07) is 6.55. The van der Waals surface area contributed by atoms with Gasteiger partial charge in [-0.25, -0.2) is 0 Å². The molecule has 7 nitrogen and oxygen atoms in total. The summed E-state index contributed by atoms with van der Waals surface area (Å²) in [5, 5.41) is 0. The van der Waals surface area contributed by atoms with Crippen molar-refractivity contribution in [3.8, 4) is 0 Å². The SMILES string of the molecule is COC(=O)C1CCN(S(=O)(=O)Nc2cccc(N)c2)CC1. The van der Waals surface area contributed by atoms with Gasteiger partial charge in [0.2, 0.25) is 0 Å². The van der Waals surface area contributed by atoms with E-state index in [4.69, 9.17) is 5.73 Å². The molecule has 0 spiro atoms. The maximum absolute atomic E-state index is 12.3. The molecular formula is C13H19N3O4S. The number of carbonyl (C=O) groups excluding carboxylic acids is 1. The van der Waals surface area contributed by atoms with Crippen molar-refractivity contribution in [2.24, 2.45) is 5.92 Å². The minimum Gasteiger partial charge on any atom is -0.469 e. The Labute approximate surface area is 124 Å². The smallest absolute Gasteiger partial charge is 0.308 e. The second-order valence-corrected chi connectivity index (χ2v) is 6.60. The first-order valence-corrected chi connectivity index (χ1v) is 8.07. The van der Waals surface area contributed by atoms with Gasteiger partial charge in [0, 0.05) is 18.8 Å². The lowest BCUT2D eigenvalue weighted by Crippen LogP contribution is -2.43. The van der Waals surface area contributed by atoms with Crippen LogP contribution in [0, 0.1) is 5.92 Å². The van der Waals surface area contributed by atoms with E-state index >= 15 is 0 Å². The molecule has 0 aliphatic carbocycles. The number of nitrogens with zero attached hydrogens (tertiary/aromatic N) is 1. The summed E-state index contributed by atoms with van der Waals surface area (Å²) in [5.41, 5.74) is 6.53. The molecule has 0 amide bonds. The third-order valence-electron chi connectivity index (χ3n) is 3.46. The fourth-order valence-corrected chi connectivity index (χ4v) is 3.56. The first kappa shape index (κ1) is 15.6. The average molecular weight is 313 g/mol. The Balaban J connectivity index is 2.00. The zero-order valence-corrected chi connectivity index (χ0v) is 12.6. The van der Waals surface area contributed by atoms with Crippen molar-refractivity contribution < 1.29 is 17.9 Å². The van der Waals surface area contributed by atoms with Crippen LogP contribution in [0.25, 0.3) is 0 Å². The fourth-order valence-electron chi connectivity index (χ4n) is 2.31. The Hall–Kier alpha value is -1.80. The summed E-state index contributed by atoms with van der Waals surface area (Å²) in [5.74, 6) is -0.510. The Bertz CT molecular complexity index is 610. The number of ether oxygens (including phenoxy) is 1. The molecule has 8 heteroatoms. The maximum Gasteiger partial charge on any atom is 0.308 e. The van der Waals surface area contributed by atoms with Crippen molar-refractivity contribution >= 4 is 27.6 Å². The summed E-state index contributed by atoms with van der Waals surface area (Å²) in [4.78, 5) is 11.4. The topological polar surface area (TPSA) is 102 Å². The molecule has 1 aliphatic heterocycles. The van der Waals surface area contributed by atoms with Crippen molar-refractivity contribution in [3.63, 3.8) is 0 Å². The molecule has 116 valence electrons. The van der Waals surface area contributed by atoms with Crippen LogP contribution >= 0.6 is 0 Å². The Morgan fingerprint density at radius 3 is 2.62 bits per heavy atom. The molecule has 1 saturated heterocycles. The van der Waals surface area contributed by atoms with Crippen LogP contribution in [0.2, 0.25) is 0 Å². The highest BCUT2D eigenvalue weighted by molar-refractivity contribution is 7.90. The van der Waals surface area contributed by atoms with E-state index in [9.17, 15) is 13.2 Å². The van der Waals surface area contributed by atoms with E-state index in [0.29, 0.717) is 24.2 Å². The van der Waals surface area contributed by atoms with Gasteiger partial charge in [0.15, 0.2) is 0 Å². The quantitative estimate of drug-likeness (QED) is 0.632. The van der Waals surface area contributed by atoms with Gasteiger partial charge in [-0.3, -0.25) is 9.52 Å². The van der Waals surface area contributed by atoms with Gasteiger partial charge in [-0.1, -0.05) is 6.07 Å². The number of piperidine rings is 1. The monoisotopic (exact) mass is 313 g/mol. The molecule has 0 saturated carbocycles. The second kappa shape index (κ2) is 6.31. The lowest BCUT2D eigenvalue weighted by atomic mass is 9.99. The van der Waals surface area contributed by atoms with E-state index in [1.807, 2.05) is 0 Å². The average Bonchev–Trinajstić information content (AvgIpc) is 2.46. The molecule has 1 fully saturated rings. The molecule has 2 rings (SSSR count). The van der Waals surface area contributed by atoms with Crippen molar-refractivity contribution in [1.29, 1.82) is 0 Å². The minimum absolute atomic E-state index is 0.228. The van der Waals surface area contributed by atoms with Gasteiger partial charge < -0.3 is 10.5 Å². The van der Waals surface area contributed by atoms with Crippen molar-refractivity contribution in [3.05, 3.63) is 24.3 Å². The van der Waals surface area contributed by atoms with E-state index in [0.717, 1.165) is 0 Å². The van der Waals surface area contributed by atoms with Crippen LogP contribution in [0.1, 0.15) is 12.8 Å². The molecule has 0 bridgehead atoms. The molecule has 0 atom stereocenters.